The SMILES string of the molecule is N#Cc1ccc(NC(=O)CCN2CCC(c3nc4cc(Cl)ccc4o3)CC2)cc1. The Morgan fingerprint density at radius 1 is 1.24 bits per heavy atom. The quantitative estimate of drug-likeness (QED) is 0.669. The number of aromatic nitrogens is 1. The molecule has 1 amide bonds. The molecule has 148 valence electrons. The molecule has 3 aromatic rings. The number of carbonyl (C=O) groups excluding carboxylic acids is 1. The number of anilines is 1. The smallest absolute Gasteiger partial charge is 0.225 e. The van der Waals surface area contributed by atoms with E-state index in [1.54, 1.807) is 24.3 Å². The number of fused-ring (bicyclic) bond motifs is 1. The van der Waals surface area contributed by atoms with Crippen molar-refractivity contribution in [3.63, 3.8) is 0 Å². The standard InChI is InChI=1S/C22H21ClN4O2/c23-17-3-6-20-19(13-17)26-22(29-20)16-7-10-27(11-8-16)12-9-21(28)25-18-4-1-15(14-24)2-5-18/h1-6,13,16H,7-12H2,(H,25,28). The van der Waals surface area contributed by atoms with Gasteiger partial charge in [0.2, 0.25) is 5.91 Å². The van der Waals surface area contributed by atoms with Crippen molar-refractivity contribution in [1.82, 2.24) is 9.88 Å². The van der Waals surface area contributed by atoms with Gasteiger partial charge in [0.25, 0.3) is 0 Å². The zero-order valence-corrected chi connectivity index (χ0v) is 16.7. The Balaban J connectivity index is 1.25. The van der Waals surface area contributed by atoms with Gasteiger partial charge >= 0.3 is 0 Å². The van der Waals surface area contributed by atoms with Crippen molar-refractivity contribution < 1.29 is 9.21 Å². The van der Waals surface area contributed by atoms with Crippen LogP contribution < -0.4 is 5.32 Å². The minimum Gasteiger partial charge on any atom is -0.440 e. The minimum atomic E-state index is -0.0207. The van der Waals surface area contributed by atoms with E-state index >= 15 is 0 Å². The van der Waals surface area contributed by atoms with Crippen molar-refractivity contribution in [3.8, 4) is 6.07 Å². The number of halogens is 1. The van der Waals surface area contributed by atoms with Gasteiger partial charge in [0.05, 0.1) is 11.6 Å². The number of nitrogens with zero attached hydrogens (tertiary/aromatic N) is 3. The van der Waals surface area contributed by atoms with Crippen LogP contribution in [0.2, 0.25) is 5.02 Å². The molecule has 0 radical (unpaired) electrons. The van der Waals surface area contributed by atoms with E-state index < -0.39 is 0 Å². The molecule has 0 saturated carbocycles. The van der Waals surface area contributed by atoms with Gasteiger partial charge in [-0.1, -0.05) is 11.6 Å². The molecule has 7 heteroatoms. The first-order valence-electron chi connectivity index (χ1n) is 9.69. The third-order valence-electron chi connectivity index (χ3n) is 5.26. The summed E-state index contributed by atoms with van der Waals surface area (Å²) >= 11 is 6.02. The molecule has 1 aliphatic heterocycles. The number of nitriles is 1. The molecule has 2 heterocycles. The number of piperidine rings is 1. The molecular formula is C22H21ClN4O2. The second kappa shape index (κ2) is 8.64. The third-order valence-corrected chi connectivity index (χ3v) is 5.49. The Morgan fingerprint density at radius 3 is 2.72 bits per heavy atom. The van der Waals surface area contributed by atoms with Crippen molar-refractivity contribution in [2.45, 2.75) is 25.2 Å². The summed E-state index contributed by atoms with van der Waals surface area (Å²) in [6, 6.07) is 14.4. The lowest BCUT2D eigenvalue weighted by molar-refractivity contribution is -0.116. The van der Waals surface area contributed by atoms with Crippen LogP contribution in [0.25, 0.3) is 11.1 Å². The van der Waals surface area contributed by atoms with E-state index in [1.807, 2.05) is 18.2 Å². The van der Waals surface area contributed by atoms with Gasteiger partial charge in [0, 0.05) is 29.6 Å². The summed E-state index contributed by atoms with van der Waals surface area (Å²) in [4.78, 5) is 19.1. The van der Waals surface area contributed by atoms with E-state index in [2.05, 4.69) is 21.3 Å². The molecule has 29 heavy (non-hydrogen) atoms. The van der Waals surface area contributed by atoms with Gasteiger partial charge < -0.3 is 14.6 Å². The maximum atomic E-state index is 12.2. The summed E-state index contributed by atoms with van der Waals surface area (Å²) in [5.74, 6) is 1.05. The molecule has 1 aliphatic rings. The first-order valence-corrected chi connectivity index (χ1v) is 10.1. The number of hydrogen-bond donors (Lipinski definition) is 1. The molecule has 1 saturated heterocycles. The fourth-order valence-electron chi connectivity index (χ4n) is 3.61. The molecule has 1 aromatic heterocycles. The van der Waals surface area contributed by atoms with E-state index in [0.717, 1.165) is 49.5 Å². The van der Waals surface area contributed by atoms with Gasteiger partial charge in [0.15, 0.2) is 11.5 Å². The fraction of sp³-hybridized carbons (Fsp3) is 0.318. The highest BCUT2D eigenvalue weighted by molar-refractivity contribution is 6.31. The van der Waals surface area contributed by atoms with E-state index in [-0.39, 0.29) is 5.91 Å². The van der Waals surface area contributed by atoms with Gasteiger partial charge in [-0.15, -0.1) is 0 Å². The van der Waals surface area contributed by atoms with Crippen molar-refractivity contribution in [2.24, 2.45) is 0 Å². The molecule has 4 rings (SSSR count). The van der Waals surface area contributed by atoms with Gasteiger partial charge in [-0.25, -0.2) is 4.98 Å². The molecular weight excluding hydrogens is 388 g/mol. The fourth-order valence-corrected chi connectivity index (χ4v) is 3.77. The Hall–Kier alpha value is -2.88. The number of rotatable bonds is 5. The van der Waals surface area contributed by atoms with Gasteiger partial charge in [-0.3, -0.25) is 4.79 Å². The van der Waals surface area contributed by atoms with E-state index in [0.29, 0.717) is 28.6 Å². The lowest BCUT2D eigenvalue weighted by atomic mass is 9.96. The maximum absolute atomic E-state index is 12.2. The van der Waals surface area contributed by atoms with Crippen molar-refractivity contribution in [2.75, 3.05) is 25.0 Å². The average molecular weight is 409 g/mol. The maximum Gasteiger partial charge on any atom is 0.225 e. The van der Waals surface area contributed by atoms with Crippen LogP contribution in [0.15, 0.2) is 46.9 Å². The van der Waals surface area contributed by atoms with Crippen LogP contribution in [0.3, 0.4) is 0 Å². The molecule has 0 spiro atoms. The van der Waals surface area contributed by atoms with Gasteiger partial charge in [-0.2, -0.15) is 5.26 Å². The van der Waals surface area contributed by atoms with Gasteiger partial charge in [-0.05, 0) is 68.4 Å². The lowest BCUT2D eigenvalue weighted by Crippen LogP contribution is -2.35. The summed E-state index contributed by atoms with van der Waals surface area (Å²) in [7, 11) is 0. The summed E-state index contributed by atoms with van der Waals surface area (Å²) in [5, 5.41) is 12.4. The summed E-state index contributed by atoms with van der Waals surface area (Å²) in [6.45, 7) is 2.54. The first-order chi connectivity index (χ1) is 14.1. The monoisotopic (exact) mass is 408 g/mol. The number of amides is 1. The molecule has 2 aromatic carbocycles. The van der Waals surface area contributed by atoms with Crippen LogP contribution in [0.1, 0.15) is 36.6 Å². The Bertz CT molecular complexity index is 1050. The molecule has 6 nitrogen and oxygen atoms in total. The first kappa shape index (κ1) is 19.4. The summed E-state index contributed by atoms with van der Waals surface area (Å²) < 4.78 is 5.91. The molecule has 0 atom stereocenters. The van der Waals surface area contributed by atoms with Crippen LogP contribution in [0.4, 0.5) is 5.69 Å². The molecule has 0 unspecified atom stereocenters. The predicted molar refractivity (Wildman–Crippen MR) is 112 cm³/mol. The van der Waals surface area contributed by atoms with Gasteiger partial charge in [0.1, 0.15) is 5.52 Å². The Morgan fingerprint density at radius 2 is 2.00 bits per heavy atom. The Kier molecular flexibility index (Phi) is 5.79. The third kappa shape index (κ3) is 4.76. The van der Waals surface area contributed by atoms with Crippen molar-refractivity contribution in [1.29, 1.82) is 5.26 Å². The highest BCUT2D eigenvalue weighted by Crippen LogP contribution is 2.30. The van der Waals surface area contributed by atoms with Crippen molar-refractivity contribution in [3.05, 3.63) is 58.9 Å². The highest BCUT2D eigenvalue weighted by atomic mass is 35.5. The van der Waals surface area contributed by atoms with Crippen molar-refractivity contribution >= 4 is 34.3 Å². The number of likely N-dealkylation sites (tertiary alicyclic amines) is 1. The normalized spacial score (nSPS) is 15.3. The van der Waals surface area contributed by atoms with Crippen LogP contribution in [0.5, 0.6) is 0 Å². The molecule has 1 N–H and O–H groups in total. The number of carbonyl (C=O) groups is 1. The van der Waals surface area contributed by atoms with E-state index in [1.165, 1.54) is 0 Å². The minimum absolute atomic E-state index is 0.0207. The topological polar surface area (TPSA) is 82.2 Å². The summed E-state index contributed by atoms with van der Waals surface area (Å²) in [5.41, 5.74) is 2.86. The van der Waals surface area contributed by atoms with Crippen LogP contribution in [-0.2, 0) is 4.79 Å². The Labute approximate surface area is 174 Å². The lowest BCUT2D eigenvalue weighted by Gasteiger charge is -2.30. The number of hydrogen-bond acceptors (Lipinski definition) is 5. The number of oxazole rings is 1. The largest absolute Gasteiger partial charge is 0.440 e. The van der Waals surface area contributed by atoms with E-state index in [9.17, 15) is 4.79 Å². The second-order valence-electron chi connectivity index (χ2n) is 7.27. The summed E-state index contributed by atoms with van der Waals surface area (Å²) in [6.07, 6.45) is 2.35. The molecule has 0 bridgehead atoms. The van der Waals surface area contributed by atoms with Crippen LogP contribution >= 0.6 is 11.6 Å². The zero-order valence-electron chi connectivity index (χ0n) is 15.9. The zero-order chi connectivity index (χ0) is 20.2. The predicted octanol–water partition coefficient (Wildman–Crippen LogP) is 4.56. The highest BCUT2D eigenvalue weighted by Gasteiger charge is 2.25. The second-order valence-corrected chi connectivity index (χ2v) is 7.70. The van der Waals surface area contributed by atoms with Crippen LogP contribution in [-0.4, -0.2) is 35.4 Å². The van der Waals surface area contributed by atoms with Crippen LogP contribution in [0, 0.1) is 11.3 Å². The van der Waals surface area contributed by atoms with E-state index in [4.69, 9.17) is 21.3 Å². The average Bonchev–Trinajstić information content (AvgIpc) is 3.16. The molecule has 0 aliphatic carbocycles. The molecule has 1 fully saturated rings. The number of nitrogens with one attached hydrogen (secondary N) is 1. The number of benzene rings is 2.